The highest BCUT2D eigenvalue weighted by atomic mass is 35.5. The molecule has 0 saturated heterocycles. The smallest absolute Gasteiger partial charge is 0.309 e. The first-order valence-corrected chi connectivity index (χ1v) is 7.69. The van der Waals surface area contributed by atoms with Gasteiger partial charge in [0.25, 0.3) is 0 Å². The molecular formula is C16H20ClN3O2. The lowest BCUT2D eigenvalue weighted by molar-refractivity contribution is -0.136. The van der Waals surface area contributed by atoms with E-state index in [0.29, 0.717) is 17.9 Å². The zero-order valence-corrected chi connectivity index (χ0v) is 13.3. The number of anilines is 1. The van der Waals surface area contributed by atoms with E-state index in [2.05, 4.69) is 11.9 Å². The second kappa shape index (κ2) is 7.31. The van der Waals surface area contributed by atoms with Gasteiger partial charge in [0.2, 0.25) is 0 Å². The zero-order valence-electron chi connectivity index (χ0n) is 12.6. The quantitative estimate of drug-likeness (QED) is 0.768. The van der Waals surface area contributed by atoms with Gasteiger partial charge in [0.05, 0.1) is 12.1 Å². The van der Waals surface area contributed by atoms with Gasteiger partial charge >= 0.3 is 5.97 Å². The van der Waals surface area contributed by atoms with Crippen molar-refractivity contribution in [3.8, 4) is 0 Å². The molecule has 5 nitrogen and oxygen atoms in total. The average Bonchev–Trinajstić information content (AvgIpc) is 2.75. The van der Waals surface area contributed by atoms with E-state index in [4.69, 9.17) is 22.4 Å². The molecule has 6 heteroatoms. The Labute approximate surface area is 134 Å². The van der Waals surface area contributed by atoms with E-state index >= 15 is 0 Å². The lowest BCUT2D eigenvalue weighted by Gasteiger charge is -2.11. The highest BCUT2D eigenvalue weighted by Crippen LogP contribution is 2.21. The van der Waals surface area contributed by atoms with Gasteiger partial charge in [-0.15, -0.1) is 0 Å². The summed E-state index contributed by atoms with van der Waals surface area (Å²) in [6.45, 7) is 2.65. The molecule has 2 aromatic rings. The van der Waals surface area contributed by atoms with Crippen molar-refractivity contribution in [3.63, 3.8) is 0 Å². The number of nitrogens with zero attached hydrogens (tertiary/aromatic N) is 2. The average molecular weight is 322 g/mol. The number of aliphatic carboxylic acids is 1. The molecule has 1 aromatic carbocycles. The molecule has 1 aromatic heterocycles. The van der Waals surface area contributed by atoms with Crippen LogP contribution in [0.4, 0.5) is 5.69 Å². The summed E-state index contributed by atoms with van der Waals surface area (Å²) < 4.78 is 1.91. The first kappa shape index (κ1) is 16.4. The molecule has 0 radical (unpaired) electrons. The van der Waals surface area contributed by atoms with Crippen LogP contribution in [0.25, 0.3) is 0 Å². The van der Waals surface area contributed by atoms with Gasteiger partial charge < -0.3 is 15.4 Å². The maximum Gasteiger partial charge on any atom is 0.309 e. The molecule has 0 aliphatic carbocycles. The van der Waals surface area contributed by atoms with E-state index in [1.54, 1.807) is 0 Å². The molecule has 118 valence electrons. The molecule has 0 atom stereocenters. The van der Waals surface area contributed by atoms with Crippen molar-refractivity contribution in [2.45, 2.75) is 39.2 Å². The third-order valence-corrected chi connectivity index (χ3v) is 3.80. The molecule has 0 aliphatic heterocycles. The minimum atomic E-state index is -0.914. The van der Waals surface area contributed by atoms with E-state index < -0.39 is 5.97 Å². The number of rotatable bonds is 7. The Bertz CT molecular complexity index is 650. The van der Waals surface area contributed by atoms with Crippen LogP contribution in [0, 0.1) is 0 Å². The van der Waals surface area contributed by atoms with Crippen molar-refractivity contribution in [2.75, 3.05) is 5.73 Å². The predicted octanol–water partition coefficient (Wildman–Crippen LogP) is 3.14. The molecule has 0 bridgehead atoms. The number of nitrogen functional groups attached to an aromatic ring is 1. The summed E-state index contributed by atoms with van der Waals surface area (Å²) in [5.41, 5.74) is 7.98. The topological polar surface area (TPSA) is 81.1 Å². The summed E-state index contributed by atoms with van der Waals surface area (Å²) >= 11 is 6.15. The summed E-state index contributed by atoms with van der Waals surface area (Å²) in [6.07, 6.45) is 2.68. The fraction of sp³-hybridized carbons (Fsp3) is 0.375. The third kappa shape index (κ3) is 4.01. The Kier molecular flexibility index (Phi) is 5.44. The van der Waals surface area contributed by atoms with Gasteiger partial charge in [0.1, 0.15) is 5.82 Å². The Morgan fingerprint density at radius 1 is 1.36 bits per heavy atom. The van der Waals surface area contributed by atoms with Crippen LogP contribution in [0.15, 0.2) is 24.3 Å². The molecule has 3 N–H and O–H groups in total. The number of benzene rings is 1. The number of hydrogen-bond donors (Lipinski definition) is 2. The number of nitrogens with two attached hydrogens (primary N) is 1. The lowest BCUT2D eigenvalue weighted by atomic mass is 10.2. The van der Waals surface area contributed by atoms with Crippen LogP contribution in [0.5, 0.6) is 0 Å². The van der Waals surface area contributed by atoms with Crippen LogP contribution >= 0.6 is 11.6 Å². The monoisotopic (exact) mass is 321 g/mol. The standard InChI is InChI=1S/C16H20ClN3O2/c1-2-3-4-14-19-16(17)13(9-15(21)22)20(14)10-11-5-7-12(18)8-6-11/h5-8H,2-4,9-10,18H2,1H3,(H,21,22). The molecular weight excluding hydrogens is 302 g/mol. The largest absolute Gasteiger partial charge is 0.481 e. The van der Waals surface area contributed by atoms with Crippen LogP contribution in [0.3, 0.4) is 0 Å². The van der Waals surface area contributed by atoms with Crippen molar-refractivity contribution in [1.82, 2.24) is 9.55 Å². The fourth-order valence-electron chi connectivity index (χ4n) is 2.34. The summed E-state index contributed by atoms with van der Waals surface area (Å²) in [5, 5.41) is 9.37. The number of unbranched alkanes of at least 4 members (excludes halogenated alkanes) is 1. The van der Waals surface area contributed by atoms with Crippen LogP contribution < -0.4 is 5.73 Å². The van der Waals surface area contributed by atoms with E-state index in [1.807, 2.05) is 28.8 Å². The SMILES string of the molecule is CCCCc1nc(Cl)c(CC(=O)O)n1Cc1ccc(N)cc1. The van der Waals surface area contributed by atoms with Crippen molar-refractivity contribution in [3.05, 3.63) is 46.5 Å². The maximum absolute atomic E-state index is 11.1. The van der Waals surface area contributed by atoms with E-state index in [9.17, 15) is 4.79 Å². The fourth-order valence-corrected chi connectivity index (χ4v) is 2.60. The van der Waals surface area contributed by atoms with Gasteiger partial charge in [-0.3, -0.25) is 4.79 Å². The molecule has 0 amide bonds. The number of aryl methyl sites for hydroxylation is 1. The van der Waals surface area contributed by atoms with Gasteiger partial charge in [-0.1, -0.05) is 37.1 Å². The number of hydrogen-bond acceptors (Lipinski definition) is 3. The minimum absolute atomic E-state index is 0.132. The van der Waals surface area contributed by atoms with Gasteiger partial charge in [0.15, 0.2) is 5.15 Å². The normalized spacial score (nSPS) is 10.8. The maximum atomic E-state index is 11.1. The number of imidazole rings is 1. The Morgan fingerprint density at radius 3 is 2.64 bits per heavy atom. The van der Waals surface area contributed by atoms with Crippen LogP contribution in [0.1, 0.15) is 36.8 Å². The van der Waals surface area contributed by atoms with Crippen molar-refractivity contribution in [1.29, 1.82) is 0 Å². The summed E-state index contributed by atoms with van der Waals surface area (Å²) in [5.74, 6) is -0.0812. The number of halogens is 1. The van der Waals surface area contributed by atoms with Crippen LogP contribution in [-0.2, 0) is 24.2 Å². The van der Waals surface area contributed by atoms with Gasteiger partial charge in [-0.2, -0.15) is 0 Å². The number of aromatic nitrogens is 2. The van der Waals surface area contributed by atoms with Crippen LogP contribution in [-0.4, -0.2) is 20.6 Å². The number of carboxylic acids is 1. The van der Waals surface area contributed by atoms with Crippen molar-refractivity contribution < 1.29 is 9.90 Å². The Morgan fingerprint density at radius 2 is 2.05 bits per heavy atom. The minimum Gasteiger partial charge on any atom is -0.481 e. The molecule has 0 unspecified atom stereocenters. The van der Waals surface area contributed by atoms with Gasteiger partial charge in [0, 0.05) is 18.7 Å². The predicted molar refractivity (Wildman–Crippen MR) is 87.1 cm³/mol. The molecule has 22 heavy (non-hydrogen) atoms. The van der Waals surface area contributed by atoms with E-state index in [0.717, 1.165) is 30.7 Å². The van der Waals surface area contributed by atoms with Gasteiger partial charge in [-0.25, -0.2) is 4.98 Å². The summed E-state index contributed by atoms with van der Waals surface area (Å²) in [4.78, 5) is 15.4. The molecule has 0 fully saturated rings. The lowest BCUT2D eigenvalue weighted by Crippen LogP contribution is -2.12. The van der Waals surface area contributed by atoms with Crippen LogP contribution in [0.2, 0.25) is 5.15 Å². The zero-order chi connectivity index (χ0) is 16.1. The molecule has 1 heterocycles. The Hall–Kier alpha value is -2.01. The highest BCUT2D eigenvalue weighted by Gasteiger charge is 2.18. The summed E-state index contributed by atoms with van der Waals surface area (Å²) in [7, 11) is 0. The molecule has 0 saturated carbocycles. The molecule has 0 spiro atoms. The molecule has 2 rings (SSSR count). The van der Waals surface area contributed by atoms with E-state index in [-0.39, 0.29) is 11.6 Å². The summed E-state index contributed by atoms with van der Waals surface area (Å²) in [6, 6.07) is 7.52. The van der Waals surface area contributed by atoms with E-state index in [1.165, 1.54) is 0 Å². The van der Waals surface area contributed by atoms with Gasteiger partial charge in [-0.05, 0) is 24.1 Å². The van der Waals surface area contributed by atoms with Crippen molar-refractivity contribution in [2.24, 2.45) is 0 Å². The first-order chi connectivity index (χ1) is 10.5. The first-order valence-electron chi connectivity index (χ1n) is 7.31. The third-order valence-electron chi connectivity index (χ3n) is 3.50. The second-order valence-electron chi connectivity index (χ2n) is 5.27. The highest BCUT2D eigenvalue weighted by molar-refractivity contribution is 6.30. The molecule has 0 aliphatic rings. The van der Waals surface area contributed by atoms with Crippen molar-refractivity contribution >= 4 is 23.3 Å². The Balaban J connectivity index is 2.35. The number of carbonyl (C=O) groups is 1. The number of carboxylic acid groups (broad SMARTS) is 1. The second-order valence-corrected chi connectivity index (χ2v) is 5.63.